The molecule has 0 aliphatic heterocycles. The summed E-state index contributed by atoms with van der Waals surface area (Å²) in [5.41, 5.74) is 0.949. The molecule has 0 aliphatic rings. The lowest BCUT2D eigenvalue weighted by molar-refractivity contribution is -0.115. The number of benzene rings is 2. The Bertz CT molecular complexity index is 1000. The third-order valence-electron chi connectivity index (χ3n) is 4.02. The van der Waals surface area contributed by atoms with E-state index in [4.69, 9.17) is 4.52 Å². The van der Waals surface area contributed by atoms with E-state index in [2.05, 4.69) is 15.8 Å². The van der Waals surface area contributed by atoms with Gasteiger partial charge in [-0.05, 0) is 55.8 Å². The molecule has 8 heteroatoms. The van der Waals surface area contributed by atoms with E-state index >= 15 is 0 Å². The molecule has 2 aromatic carbocycles. The molecule has 3 rings (SSSR count). The predicted molar refractivity (Wildman–Crippen MR) is 111 cm³/mol. The van der Waals surface area contributed by atoms with E-state index in [0.717, 1.165) is 4.90 Å². The Labute approximate surface area is 171 Å². The number of hydrogen-bond donors (Lipinski definition) is 2. The number of halogens is 1. The third-order valence-corrected chi connectivity index (χ3v) is 5.38. The summed E-state index contributed by atoms with van der Waals surface area (Å²) in [6.07, 6.45) is 0.611. The fourth-order valence-corrected chi connectivity index (χ4v) is 3.58. The second-order valence-corrected chi connectivity index (χ2v) is 7.59. The van der Waals surface area contributed by atoms with Gasteiger partial charge in [0.2, 0.25) is 5.91 Å². The van der Waals surface area contributed by atoms with Crippen molar-refractivity contribution in [3.05, 3.63) is 71.7 Å². The first kappa shape index (κ1) is 20.6. The average molecular weight is 413 g/mol. The number of hydrogen-bond acceptors (Lipinski definition) is 5. The number of aromatic nitrogens is 1. The normalized spacial score (nSPS) is 11.7. The number of carbonyl (C=O) groups excluding carboxylic acids is 2. The zero-order valence-electron chi connectivity index (χ0n) is 15.9. The number of thioether (sulfide) groups is 1. The van der Waals surface area contributed by atoms with Crippen LogP contribution in [0.4, 0.5) is 15.9 Å². The highest BCUT2D eigenvalue weighted by atomic mass is 32.2. The number of carbonyl (C=O) groups is 2. The molecule has 0 spiro atoms. The van der Waals surface area contributed by atoms with Gasteiger partial charge in [0, 0.05) is 22.2 Å². The van der Waals surface area contributed by atoms with Crippen molar-refractivity contribution in [2.75, 3.05) is 10.6 Å². The zero-order chi connectivity index (χ0) is 20.8. The lowest BCUT2D eigenvalue weighted by atomic mass is 10.2. The van der Waals surface area contributed by atoms with Gasteiger partial charge in [-0.3, -0.25) is 9.59 Å². The molecule has 0 saturated carbocycles. The molecule has 150 valence electrons. The monoisotopic (exact) mass is 413 g/mol. The maximum absolute atomic E-state index is 13.0. The predicted octanol–water partition coefficient (Wildman–Crippen LogP) is 4.88. The molecule has 6 nitrogen and oxygen atoms in total. The van der Waals surface area contributed by atoms with Gasteiger partial charge < -0.3 is 15.2 Å². The standard InChI is InChI=1S/C21H20FN3O3S/c1-3-18(21(27)24-19-11-13(2)28-25-19)29-17-6-4-5-16(12-17)23-20(26)14-7-9-15(22)10-8-14/h4-12,18H,3H2,1-2H3,(H,23,26)(H,24,25,27). The van der Waals surface area contributed by atoms with Crippen LogP contribution >= 0.6 is 11.8 Å². The van der Waals surface area contributed by atoms with Gasteiger partial charge in [0.1, 0.15) is 11.6 Å². The van der Waals surface area contributed by atoms with Crippen LogP contribution in [0.5, 0.6) is 0 Å². The number of aryl methyl sites for hydroxylation is 1. The first-order valence-electron chi connectivity index (χ1n) is 9.02. The highest BCUT2D eigenvalue weighted by Gasteiger charge is 2.19. The summed E-state index contributed by atoms with van der Waals surface area (Å²) in [6, 6.07) is 14.2. The second-order valence-electron chi connectivity index (χ2n) is 6.32. The Hall–Kier alpha value is -3.13. The van der Waals surface area contributed by atoms with Crippen LogP contribution in [0.15, 0.2) is 64.0 Å². The Morgan fingerprint density at radius 2 is 1.90 bits per heavy atom. The Balaban J connectivity index is 1.65. The summed E-state index contributed by atoms with van der Waals surface area (Å²) in [5.74, 6) is 0.0898. The van der Waals surface area contributed by atoms with Gasteiger partial charge in [0.15, 0.2) is 5.82 Å². The first-order chi connectivity index (χ1) is 13.9. The van der Waals surface area contributed by atoms with Gasteiger partial charge in [-0.2, -0.15) is 0 Å². The molecule has 2 N–H and O–H groups in total. The van der Waals surface area contributed by atoms with E-state index < -0.39 is 5.82 Å². The van der Waals surface area contributed by atoms with Gasteiger partial charge in [-0.25, -0.2) is 4.39 Å². The highest BCUT2D eigenvalue weighted by molar-refractivity contribution is 8.00. The van der Waals surface area contributed by atoms with Crippen molar-refractivity contribution in [2.45, 2.75) is 30.4 Å². The molecule has 1 unspecified atom stereocenters. The highest BCUT2D eigenvalue weighted by Crippen LogP contribution is 2.28. The van der Waals surface area contributed by atoms with Crippen molar-refractivity contribution < 1.29 is 18.5 Å². The Morgan fingerprint density at radius 3 is 2.55 bits per heavy atom. The molecule has 1 aromatic heterocycles. The minimum Gasteiger partial charge on any atom is -0.360 e. The Kier molecular flexibility index (Phi) is 6.66. The first-order valence-corrected chi connectivity index (χ1v) is 9.90. The van der Waals surface area contributed by atoms with Crippen LogP contribution in [0.25, 0.3) is 0 Å². The van der Waals surface area contributed by atoms with Crippen molar-refractivity contribution in [1.82, 2.24) is 5.16 Å². The summed E-state index contributed by atoms with van der Waals surface area (Å²) < 4.78 is 18.0. The minimum absolute atomic E-state index is 0.174. The molecule has 1 atom stereocenters. The van der Waals surface area contributed by atoms with Crippen molar-refractivity contribution in [3.8, 4) is 0 Å². The fraction of sp³-hybridized carbons (Fsp3) is 0.190. The van der Waals surface area contributed by atoms with Crippen LogP contribution in [-0.4, -0.2) is 22.2 Å². The summed E-state index contributed by atoms with van der Waals surface area (Å²) in [7, 11) is 0. The lowest BCUT2D eigenvalue weighted by Crippen LogP contribution is -2.24. The van der Waals surface area contributed by atoms with Crippen LogP contribution in [0.2, 0.25) is 0 Å². The summed E-state index contributed by atoms with van der Waals surface area (Å²) >= 11 is 1.39. The van der Waals surface area contributed by atoms with Crippen LogP contribution in [-0.2, 0) is 4.79 Å². The molecule has 0 bridgehead atoms. The zero-order valence-corrected chi connectivity index (χ0v) is 16.8. The number of nitrogens with zero attached hydrogens (tertiary/aromatic N) is 1. The van der Waals surface area contributed by atoms with E-state index in [1.165, 1.54) is 36.0 Å². The molecule has 3 aromatic rings. The van der Waals surface area contributed by atoms with E-state index in [9.17, 15) is 14.0 Å². The largest absolute Gasteiger partial charge is 0.360 e. The van der Waals surface area contributed by atoms with Crippen molar-refractivity contribution in [2.24, 2.45) is 0 Å². The van der Waals surface area contributed by atoms with Gasteiger partial charge >= 0.3 is 0 Å². The molecular formula is C21H20FN3O3S. The van der Waals surface area contributed by atoms with E-state index in [0.29, 0.717) is 29.2 Å². The molecule has 0 aliphatic carbocycles. The number of nitrogens with one attached hydrogen (secondary N) is 2. The van der Waals surface area contributed by atoms with Gasteiger partial charge in [0.05, 0.1) is 5.25 Å². The smallest absolute Gasteiger partial charge is 0.255 e. The van der Waals surface area contributed by atoms with Crippen LogP contribution in [0.3, 0.4) is 0 Å². The average Bonchev–Trinajstić information content (AvgIpc) is 3.11. The molecule has 1 heterocycles. The quantitative estimate of drug-likeness (QED) is 0.539. The third kappa shape index (κ3) is 5.68. The van der Waals surface area contributed by atoms with E-state index in [1.54, 1.807) is 31.2 Å². The van der Waals surface area contributed by atoms with Crippen LogP contribution in [0, 0.1) is 12.7 Å². The molecule has 0 radical (unpaired) electrons. The van der Waals surface area contributed by atoms with E-state index in [1.807, 2.05) is 13.0 Å². The maximum atomic E-state index is 13.0. The summed E-state index contributed by atoms with van der Waals surface area (Å²) in [6.45, 7) is 3.67. The minimum atomic E-state index is -0.399. The number of amides is 2. The van der Waals surface area contributed by atoms with Crippen LogP contribution < -0.4 is 10.6 Å². The number of anilines is 2. The maximum Gasteiger partial charge on any atom is 0.255 e. The summed E-state index contributed by atoms with van der Waals surface area (Å²) in [4.78, 5) is 25.7. The number of rotatable bonds is 7. The van der Waals surface area contributed by atoms with Crippen LogP contribution in [0.1, 0.15) is 29.5 Å². The fourth-order valence-electron chi connectivity index (χ4n) is 2.57. The topological polar surface area (TPSA) is 84.2 Å². The van der Waals surface area contributed by atoms with Crippen molar-refractivity contribution in [3.63, 3.8) is 0 Å². The molecule has 0 fully saturated rings. The SMILES string of the molecule is CCC(Sc1cccc(NC(=O)c2ccc(F)cc2)c1)C(=O)Nc1cc(C)on1. The second kappa shape index (κ2) is 9.38. The lowest BCUT2D eigenvalue weighted by Gasteiger charge is -2.14. The van der Waals surface area contributed by atoms with Crippen molar-refractivity contribution >= 4 is 35.1 Å². The van der Waals surface area contributed by atoms with Gasteiger partial charge in [0.25, 0.3) is 5.91 Å². The summed E-state index contributed by atoms with van der Waals surface area (Å²) in [5, 5.41) is 8.96. The molecule has 29 heavy (non-hydrogen) atoms. The molecule has 2 amide bonds. The van der Waals surface area contributed by atoms with Gasteiger partial charge in [-0.1, -0.05) is 18.1 Å². The molecule has 0 saturated heterocycles. The van der Waals surface area contributed by atoms with E-state index in [-0.39, 0.29) is 17.1 Å². The molecular weight excluding hydrogens is 393 g/mol. The Morgan fingerprint density at radius 1 is 1.14 bits per heavy atom. The van der Waals surface area contributed by atoms with Gasteiger partial charge in [-0.15, -0.1) is 11.8 Å². The van der Waals surface area contributed by atoms with Crippen molar-refractivity contribution in [1.29, 1.82) is 0 Å².